The summed E-state index contributed by atoms with van der Waals surface area (Å²) in [5.74, 6) is -5.23. The van der Waals surface area contributed by atoms with Crippen LogP contribution in [0.1, 0.15) is 124 Å². The smallest absolute Gasteiger partial charge is 0.255 e. The molecule has 5 aromatic rings. The third-order valence-electron chi connectivity index (χ3n) is 14.4. The number of carbonyl (C=O) groups excluding carboxylic acids is 9. The van der Waals surface area contributed by atoms with Gasteiger partial charge in [0.05, 0.1) is 57.1 Å². The number of anilines is 4. The minimum Gasteiger partial charge on any atom is -0.496 e. The normalized spacial score (nSPS) is 12.1. The summed E-state index contributed by atoms with van der Waals surface area (Å²) >= 11 is 0. The van der Waals surface area contributed by atoms with Crippen molar-refractivity contribution < 1.29 is 62.1 Å². The molecule has 0 bridgehead atoms. The molecule has 90 heavy (non-hydrogen) atoms. The first-order valence-corrected chi connectivity index (χ1v) is 29.7. The maximum Gasteiger partial charge on any atom is 0.255 e. The van der Waals surface area contributed by atoms with E-state index >= 15 is 0 Å². The summed E-state index contributed by atoms with van der Waals surface area (Å²) < 4.78 is 21.8. The number of nitrogens with two attached hydrogens (primary N) is 5. The molecule has 0 unspecified atom stereocenters. The Morgan fingerprint density at radius 1 is 0.367 bits per heavy atom. The standard InChI is InChI=1S/C64H85N13O13/c1-87-52-26-22-40(35-44(52)57(69)79)70-62(84)49(19-9-13-31-66)75-59(81)46-37-42(24-28-54(46)89-3)72-64(86)51(21-11-15-33-68)77-60(82)47-38-43(25-29-55(47)90-4)73-63(85)50(20-10-14-32-67)76-58(80)45-36-41(23-27-53(45)88-2)71-61(83)48(18-8-12-30-65)74-56(78)34-39-16-6-5-7-17-39/h5-7,16-17,22-29,35-38,48-51H,8-15,18-21,30-34,65-68H2,1-4H3,(H2,69,79)(H,70,84)(H,71,83)(H,72,86)(H,73,85)(H,74,78)(H,75,81)(H,76,80)(H,77,82)/t48-,49-,50-,51-/m0/s1. The summed E-state index contributed by atoms with van der Waals surface area (Å²) in [6.07, 6.45) is 4.90. The Kier molecular flexibility index (Phi) is 29.5. The zero-order valence-corrected chi connectivity index (χ0v) is 51.3. The van der Waals surface area contributed by atoms with Crippen molar-refractivity contribution in [2.24, 2.45) is 28.7 Å². The number of hydrogen-bond acceptors (Lipinski definition) is 17. The third kappa shape index (κ3) is 21.9. The number of amides is 9. The van der Waals surface area contributed by atoms with Crippen LogP contribution in [0.25, 0.3) is 0 Å². The van der Waals surface area contributed by atoms with Crippen molar-refractivity contribution in [3.8, 4) is 23.0 Å². The Bertz CT molecular complexity index is 3260. The first-order valence-electron chi connectivity index (χ1n) is 29.7. The predicted molar refractivity (Wildman–Crippen MR) is 342 cm³/mol. The molecule has 0 saturated heterocycles. The Balaban J connectivity index is 1.33. The van der Waals surface area contributed by atoms with Crippen molar-refractivity contribution in [2.75, 3.05) is 75.9 Å². The highest BCUT2D eigenvalue weighted by molar-refractivity contribution is 6.08. The van der Waals surface area contributed by atoms with Crippen molar-refractivity contribution in [3.63, 3.8) is 0 Å². The van der Waals surface area contributed by atoms with Crippen LogP contribution in [-0.2, 0) is 30.4 Å². The van der Waals surface area contributed by atoms with Crippen LogP contribution in [0, 0.1) is 0 Å². The molecule has 0 fully saturated rings. The average Bonchev–Trinajstić information content (AvgIpc) is 1.36. The van der Waals surface area contributed by atoms with Gasteiger partial charge in [0.25, 0.3) is 23.6 Å². The van der Waals surface area contributed by atoms with E-state index in [1.165, 1.54) is 95.2 Å². The fourth-order valence-corrected chi connectivity index (χ4v) is 9.57. The molecular formula is C64H85N13O13. The number of primary amides is 1. The van der Waals surface area contributed by atoms with Crippen molar-refractivity contribution in [3.05, 3.63) is 131 Å². The molecule has 26 heteroatoms. The molecule has 5 aromatic carbocycles. The van der Waals surface area contributed by atoms with E-state index in [4.69, 9.17) is 47.6 Å². The molecule has 0 aliphatic carbocycles. The van der Waals surface area contributed by atoms with Gasteiger partial charge < -0.3 is 90.2 Å². The lowest BCUT2D eigenvalue weighted by atomic mass is 10.1. The molecule has 18 N–H and O–H groups in total. The van der Waals surface area contributed by atoms with Crippen LogP contribution in [0.15, 0.2) is 103 Å². The molecule has 0 radical (unpaired) electrons. The van der Waals surface area contributed by atoms with Crippen molar-refractivity contribution in [2.45, 2.75) is 108 Å². The van der Waals surface area contributed by atoms with Crippen LogP contribution >= 0.6 is 0 Å². The molecule has 0 saturated carbocycles. The molecule has 5 rings (SSSR count). The lowest BCUT2D eigenvalue weighted by Gasteiger charge is -2.22. The highest BCUT2D eigenvalue weighted by Crippen LogP contribution is 2.28. The first kappa shape index (κ1) is 71.1. The van der Waals surface area contributed by atoms with E-state index in [0.29, 0.717) is 84.0 Å². The highest BCUT2D eigenvalue weighted by Gasteiger charge is 2.29. The zero-order chi connectivity index (χ0) is 65.5. The van der Waals surface area contributed by atoms with Crippen LogP contribution in [0.2, 0.25) is 0 Å². The minimum atomic E-state index is -1.19. The third-order valence-corrected chi connectivity index (χ3v) is 14.4. The van der Waals surface area contributed by atoms with Gasteiger partial charge in [-0.05, 0) is 182 Å². The monoisotopic (exact) mass is 1240 g/mol. The van der Waals surface area contributed by atoms with Crippen LogP contribution in [0.5, 0.6) is 23.0 Å². The largest absolute Gasteiger partial charge is 0.496 e. The number of benzene rings is 5. The van der Waals surface area contributed by atoms with Gasteiger partial charge in [-0.3, -0.25) is 43.2 Å². The number of unbranched alkanes of at least 4 members (excludes halogenated alkanes) is 4. The maximum atomic E-state index is 14.3. The lowest BCUT2D eigenvalue weighted by Crippen LogP contribution is -2.45. The van der Waals surface area contributed by atoms with Gasteiger partial charge in [-0.2, -0.15) is 0 Å². The predicted octanol–water partition coefficient (Wildman–Crippen LogP) is 4.21. The highest BCUT2D eigenvalue weighted by atomic mass is 16.5. The van der Waals surface area contributed by atoms with Gasteiger partial charge >= 0.3 is 0 Å². The molecule has 0 spiro atoms. The summed E-state index contributed by atoms with van der Waals surface area (Å²) in [5.41, 5.74) is 30.0. The van der Waals surface area contributed by atoms with Gasteiger partial charge in [-0.25, -0.2) is 0 Å². The van der Waals surface area contributed by atoms with Gasteiger partial charge in [0.2, 0.25) is 29.5 Å². The molecule has 484 valence electrons. The minimum absolute atomic E-state index is 0.0128. The molecule has 26 nitrogen and oxygen atoms in total. The second-order valence-electron chi connectivity index (χ2n) is 21.0. The van der Waals surface area contributed by atoms with Crippen molar-refractivity contribution in [1.82, 2.24) is 21.3 Å². The van der Waals surface area contributed by atoms with Gasteiger partial charge in [-0.15, -0.1) is 0 Å². The Hall–Kier alpha value is -9.63. The number of ether oxygens (including phenoxy) is 4. The number of rotatable bonds is 38. The Labute approximate surface area is 523 Å². The van der Waals surface area contributed by atoms with Crippen LogP contribution in [-0.4, -0.2) is 132 Å². The van der Waals surface area contributed by atoms with Gasteiger partial charge in [-0.1, -0.05) is 30.3 Å². The quantitative estimate of drug-likeness (QED) is 0.0246. The topological polar surface area (TPSA) is 417 Å². The summed E-state index contributed by atoms with van der Waals surface area (Å²) in [4.78, 5) is 124. The fraction of sp³-hybridized carbons (Fsp3) is 0.391. The first-order chi connectivity index (χ1) is 43.4. The summed E-state index contributed by atoms with van der Waals surface area (Å²) in [7, 11) is 5.42. The van der Waals surface area contributed by atoms with E-state index in [0.717, 1.165) is 5.56 Å². The number of methoxy groups -OCH3 is 4. The molecule has 0 heterocycles. The zero-order valence-electron chi connectivity index (χ0n) is 51.3. The Morgan fingerprint density at radius 2 is 0.644 bits per heavy atom. The van der Waals surface area contributed by atoms with Crippen LogP contribution in [0.3, 0.4) is 0 Å². The summed E-state index contributed by atoms with van der Waals surface area (Å²) in [6, 6.07) is 22.1. The van der Waals surface area contributed by atoms with E-state index < -0.39 is 71.4 Å². The second kappa shape index (κ2) is 37.3. The van der Waals surface area contributed by atoms with Crippen LogP contribution in [0.4, 0.5) is 22.7 Å². The molecule has 4 atom stereocenters. The maximum absolute atomic E-state index is 14.3. The fourth-order valence-electron chi connectivity index (χ4n) is 9.57. The molecule has 0 aromatic heterocycles. The van der Waals surface area contributed by atoms with E-state index in [-0.39, 0.29) is 99.6 Å². The van der Waals surface area contributed by atoms with Gasteiger partial charge in [0, 0.05) is 22.7 Å². The van der Waals surface area contributed by atoms with Gasteiger partial charge in [0.1, 0.15) is 47.2 Å². The van der Waals surface area contributed by atoms with E-state index in [1.807, 2.05) is 30.3 Å². The lowest BCUT2D eigenvalue weighted by molar-refractivity contribution is -0.126. The van der Waals surface area contributed by atoms with Gasteiger partial charge in [0.15, 0.2) is 0 Å². The van der Waals surface area contributed by atoms with Crippen molar-refractivity contribution >= 4 is 75.9 Å². The van der Waals surface area contributed by atoms with Crippen LogP contribution < -0.4 is 90.2 Å². The second-order valence-corrected chi connectivity index (χ2v) is 21.0. The molecular weight excluding hydrogens is 1160 g/mol. The molecule has 0 aliphatic heterocycles. The van der Waals surface area contributed by atoms with Crippen molar-refractivity contribution in [1.29, 1.82) is 0 Å². The number of hydrogen-bond donors (Lipinski definition) is 13. The van der Waals surface area contributed by atoms with E-state index in [9.17, 15) is 43.2 Å². The SMILES string of the molecule is COc1ccc(NC(=O)[C@H](CCCCN)NC(=O)c2cc(NC(=O)[C@H](CCCCN)NC(=O)c3cc(NC(=O)[C@H](CCCCN)NC(=O)c4cc(NC(=O)[C@H](CCCCN)NC(=O)Cc5ccccc5)ccc4OC)ccc3OC)ccc2OC)cc1C(N)=O. The van der Waals surface area contributed by atoms with E-state index in [1.54, 1.807) is 6.07 Å². The Morgan fingerprint density at radius 3 is 0.922 bits per heavy atom. The molecule has 9 amide bonds. The summed E-state index contributed by atoms with van der Waals surface area (Å²) in [5, 5.41) is 22.3. The summed E-state index contributed by atoms with van der Waals surface area (Å²) in [6.45, 7) is 1.35. The number of carbonyl (C=O) groups is 9. The van der Waals surface area contributed by atoms with E-state index in [2.05, 4.69) is 42.5 Å². The number of nitrogens with one attached hydrogen (secondary N) is 8. The molecule has 0 aliphatic rings. The average molecular weight is 1240 g/mol.